The molecule has 2 heterocycles. The Morgan fingerprint density at radius 3 is 2.50 bits per heavy atom. The average Bonchev–Trinajstić information content (AvgIpc) is 3.16. The van der Waals surface area contributed by atoms with Gasteiger partial charge in [-0.05, 0) is 40.0 Å². The fourth-order valence-corrected chi connectivity index (χ4v) is 6.38. The smallest absolute Gasteiger partial charge is 0.391 e. The lowest BCUT2D eigenvalue weighted by Gasteiger charge is -2.32. The van der Waals surface area contributed by atoms with Crippen LogP contribution in [0, 0.1) is 5.92 Å². The quantitative estimate of drug-likeness (QED) is 0.300. The number of rotatable bonds is 11. The van der Waals surface area contributed by atoms with Gasteiger partial charge in [0, 0.05) is 43.1 Å². The van der Waals surface area contributed by atoms with Crippen molar-refractivity contribution in [2.75, 3.05) is 18.1 Å². The fraction of sp³-hybridized carbons (Fsp3) is 0.640. The van der Waals surface area contributed by atoms with Crippen molar-refractivity contribution >= 4 is 33.2 Å². The molecule has 236 valence electrons. The normalized spacial score (nSPS) is 20.0. The van der Waals surface area contributed by atoms with E-state index < -0.39 is 63.5 Å². The van der Waals surface area contributed by atoms with E-state index in [2.05, 4.69) is 25.5 Å². The van der Waals surface area contributed by atoms with Gasteiger partial charge in [-0.15, -0.1) is 0 Å². The molecular weight excluding hydrogens is 613 g/mol. The Bertz CT molecular complexity index is 1390. The van der Waals surface area contributed by atoms with Gasteiger partial charge in [0.15, 0.2) is 5.69 Å². The number of aromatic nitrogens is 3. The van der Waals surface area contributed by atoms with Crippen molar-refractivity contribution in [2.24, 2.45) is 5.92 Å². The van der Waals surface area contributed by atoms with Crippen LogP contribution < -0.4 is 15.4 Å². The molecule has 17 heteroatoms. The van der Waals surface area contributed by atoms with E-state index in [4.69, 9.17) is 11.6 Å². The predicted molar refractivity (Wildman–Crippen MR) is 145 cm³/mol. The maximum atomic E-state index is 13.3. The van der Waals surface area contributed by atoms with Crippen molar-refractivity contribution in [3.05, 3.63) is 23.0 Å². The third-order valence-electron chi connectivity index (χ3n) is 6.89. The zero-order valence-corrected chi connectivity index (χ0v) is 24.9. The number of aliphatic hydroxyl groups excluding tert-OH is 1. The minimum atomic E-state index is -4.50. The molecule has 1 amide bonds. The molecule has 0 bridgehead atoms. The highest BCUT2D eigenvalue weighted by Crippen LogP contribution is 2.39. The third-order valence-corrected chi connectivity index (χ3v) is 8.89. The number of aliphatic hydroxyl groups is 1. The highest BCUT2D eigenvalue weighted by molar-refractivity contribution is 7.91. The standard InChI is InChI=1S/C25H33ClF5N5O5S/c1-5-36-21(15-11-32-18(9-17(15)41-23(27)28)34-24(2,3)12-25(29,30)31)19(26)20(35-36)22(38)33-10-13-6-7-14(8-16(13)37)42(4,39)40/h9,11,13-14,16,23,37H,5-8,10,12H2,1-4H3,(H,32,34)(H,33,38)/t13-,14+,16+/m0/s1. The molecular formula is C25H33ClF5N5O5S. The Morgan fingerprint density at radius 1 is 1.29 bits per heavy atom. The molecule has 0 aliphatic heterocycles. The van der Waals surface area contributed by atoms with Crippen LogP contribution in [0.4, 0.5) is 27.8 Å². The van der Waals surface area contributed by atoms with Crippen LogP contribution in [0.25, 0.3) is 11.3 Å². The summed E-state index contributed by atoms with van der Waals surface area (Å²) in [7, 11) is -3.31. The van der Waals surface area contributed by atoms with E-state index >= 15 is 0 Å². The van der Waals surface area contributed by atoms with Gasteiger partial charge in [-0.3, -0.25) is 9.48 Å². The predicted octanol–water partition coefficient (Wildman–Crippen LogP) is 4.67. The van der Waals surface area contributed by atoms with Gasteiger partial charge < -0.3 is 20.5 Å². The van der Waals surface area contributed by atoms with Crippen LogP contribution in [-0.2, 0) is 16.4 Å². The number of anilines is 1. The van der Waals surface area contributed by atoms with Crippen molar-refractivity contribution in [3.8, 4) is 17.0 Å². The van der Waals surface area contributed by atoms with E-state index in [9.17, 15) is 40.3 Å². The summed E-state index contributed by atoms with van der Waals surface area (Å²) in [5, 5.41) is 18.9. The molecule has 3 atom stereocenters. The molecule has 42 heavy (non-hydrogen) atoms. The Hall–Kier alpha value is -2.72. The minimum absolute atomic E-state index is 0.0104. The summed E-state index contributed by atoms with van der Waals surface area (Å²) in [6, 6.07) is 1.01. The number of ether oxygens (including phenoxy) is 1. The van der Waals surface area contributed by atoms with Crippen LogP contribution in [0.5, 0.6) is 5.75 Å². The fourth-order valence-electron chi connectivity index (χ4n) is 4.95. The molecule has 1 aliphatic rings. The summed E-state index contributed by atoms with van der Waals surface area (Å²) in [6.45, 7) is 1.05. The lowest BCUT2D eigenvalue weighted by Crippen LogP contribution is -2.41. The van der Waals surface area contributed by atoms with E-state index in [1.54, 1.807) is 6.92 Å². The highest BCUT2D eigenvalue weighted by Gasteiger charge is 2.37. The number of sulfone groups is 1. The van der Waals surface area contributed by atoms with E-state index in [-0.39, 0.29) is 47.3 Å². The topological polar surface area (TPSA) is 135 Å². The molecule has 1 fully saturated rings. The first-order chi connectivity index (χ1) is 19.3. The number of alkyl halides is 5. The second kappa shape index (κ2) is 12.9. The molecule has 3 N–H and O–H groups in total. The Balaban J connectivity index is 1.86. The SMILES string of the molecule is CCn1nc(C(=O)NC[C@@H]2CC[C@@H](S(C)(=O)=O)C[C@H]2O)c(Cl)c1-c1cnc(NC(C)(C)CC(F)(F)F)cc1OC(F)F. The van der Waals surface area contributed by atoms with Gasteiger partial charge in [0.05, 0.1) is 34.1 Å². The molecule has 0 radical (unpaired) electrons. The Morgan fingerprint density at radius 2 is 1.95 bits per heavy atom. The second-order valence-electron chi connectivity index (χ2n) is 10.9. The number of aryl methyl sites for hydroxylation is 1. The highest BCUT2D eigenvalue weighted by atomic mass is 35.5. The number of pyridine rings is 1. The maximum Gasteiger partial charge on any atom is 0.391 e. The third kappa shape index (κ3) is 8.66. The van der Waals surface area contributed by atoms with Gasteiger partial charge >= 0.3 is 12.8 Å². The van der Waals surface area contributed by atoms with Gasteiger partial charge in [-0.25, -0.2) is 13.4 Å². The van der Waals surface area contributed by atoms with E-state index in [1.807, 2.05) is 0 Å². The van der Waals surface area contributed by atoms with E-state index in [1.165, 1.54) is 18.5 Å². The van der Waals surface area contributed by atoms with Crippen LogP contribution in [-0.4, -0.2) is 76.7 Å². The molecule has 0 unspecified atom stereocenters. The zero-order chi connectivity index (χ0) is 31.6. The van der Waals surface area contributed by atoms with Gasteiger partial charge in [0.2, 0.25) is 0 Å². The number of hydrogen-bond acceptors (Lipinski definition) is 8. The summed E-state index contributed by atoms with van der Waals surface area (Å²) in [6.07, 6.45) is -3.73. The summed E-state index contributed by atoms with van der Waals surface area (Å²) in [5.41, 5.74) is -1.84. The maximum absolute atomic E-state index is 13.3. The average molecular weight is 646 g/mol. The second-order valence-corrected chi connectivity index (χ2v) is 13.6. The van der Waals surface area contributed by atoms with Crippen LogP contribution in [0.3, 0.4) is 0 Å². The van der Waals surface area contributed by atoms with Gasteiger partial charge in [-0.2, -0.15) is 27.1 Å². The number of halogens is 6. The number of carbonyl (C=O) groups excluding carboxylic acids is 1. The summed E-state index contributed by atoms with van der Waals surface area (Å²) in [4.78, 5) is 17.1. The van der Waals surface area contributed by atoms with Gasteiger partial charge in [0.25, 0.3) is 5.91 Å². The monoisotopic (exact) mass is 645 g/mol. The van der Waals surface area contributed by atoms with Crippen molar-refractivity contribution in [1.29, 1.82) is 0 Å². The number of carbonyl (C=O) groups is 1. The largest absolute Gasteiger partial charge is 0.434 e. The van der Waals surface area contributed by atoms with Crippen LogP contribution in [0.2, 0.25) is 5.02 Å². The first-order valence-electron chi connectivity index (χ1n) is 13.0. The van der Waals surface area contributed by atoms with Crippen molar-refractivity contribution in [1.82, 2.24) is 20.1 Å². The summed E-state index contributed by atoms with van der Waals surface area (Å²) >= 11 is 6.51. The molecule has 1 aliphatic carbocycles. The van der Waals surface area contributed by atoms with Gasteiger partial charge in [0.1, 0.15) is 21.4 Å². The Kier molecular flexibility index (Phi) is 10.4. The summed E-state index contributed by atoms with van der Waals surface area (Å²) in [5.74, 6) is -1.75. The number of nitrogens with zero attached hydrogens (tertiary/aromatic N) is 3. The number of amides is 1. The Labute approximate surface area is 244 Å². The van der Waals surface area contributed by atoms with Crippen molar-refractivity contribution in [3.63, 3.8) is 0 Å². The molecule has 2 aromatic heterocycles. The van der Waals surface area contributed by atoms with Crippen molar-refractivity contribution < 1.29 is 45.0 Å². The molecule has 2 aromatic rings. The van der Waals surface area contributed by atoms with Crippen molar-refractivity contribution in [2.45, 2.75) is 82.7 Å². The first kappa shape index (κ1) is 33.8. The zero-order valence-electron chi connectivity index (χ0n) is 23.3. The van der Waals surface area contributed by atoms with E-state index in [0.29, 0.717) is 12.8 Å². The first-order valence-corrected chi connectivity index (χ1v) is 15.4. The van der Waals surface area contributed by atoms with Crippen LogP contribution in [0.15, 0.2) is 12.3 Å². The van der Waals surface area contributed by atoms with Crippen LogP contribution in [0.1, 0.15) is 56.9 Å². The van der Waals surface area contributed by atoms with E-state index in [0.717, 1.165) is 18.5 Å². The lowest BCUT2D eigenvalue weighted by molar-refractivity contribution is -0.142. The number of nitrogens with one attached hydrogen (secondary N) is 2. The minimum Gasteiger partial charge on any atom is -0.434 e. The summed E-state index contributed by atoms with van der Waals surface area (Å²) < 4.78 is 95.1. The lowest BCUT2D eigenvalue weighted by atomic mass is 9.86. The molecule has 0 saturated heterocycles. The molecule has 0 aromatic carbocycles. The number of hydrogen-bond donors (Lipinski definition) is 3. The van der Waals surface area contributed by atoms with Crippen LogP contribution >= 0.6 is 11.6 Å². The van der Waals surface area contributed by atoms with Gasteiger partial charge in [-0.1, -0.05) is 11.6 Å². The molecule has 0 spiro atoms. The molecule has 3 rings (SSSR count). The molecule has 1 saturated carbocycles. The molecule has 10 nitrogen and oxygen atoms in total.